The lowest BCUT2D eigenvalue weighted by Crippen LogP contribution is -2.36. The summed E-state index contributed by atoms with van der Waals surface area (Å²) in [5, 5.41) is 2.87. The Kier molecular flexibility index (Phi) is 6.04. The predicted octanol–water partition coefficient (Wildman–Crippen LogP) is 4.76. The molecule has 2 aromatic rings. The third kappa shape index (κ3) is 4.69. The number of anilines is 2. The summed E-state index contributed by atoms with van der Waals surface area (Å²) < 4.78 is 5.87. The Morgan fingerprint density at radius 2 is 1.91 bits per heavy atom. The van der Waals surface area contributed by atoms with Crippen molar-refractivity contribution in [3.63, 3.8) is 0 Å². The number of carbonyl (C=O) groups is 3. The van der Waals surface area contributed by atoms with Crippen molar-refractivity contribution in [2.45, 2.75) is 58.5 Å². The second-order valence-electron chi connectivity index (χ2n) is 9.34. The number of carbonyl (C=O) groups excluding carboxylic acids is 3. The highest BCUT2D eigenvalue weighted by Gasteiger charge is 2.36. The van der Waals surface area contributed by atoms with E-state index in [4.69, 9.17) is 4.74 Å². The lowest BCUT2D eigenvalue weighted by Gasteiger charge is -2.31. The van der Waals surface area contributed by atoms with Gasteiger partial charge in [0.1, 0.15) is 11.4 Å². The second kappa shape index (κ2) is 8.77. The summed E-state index contributed by atoms with van der Waals surface area (Å²) in [6.45, 7) is 6.27. The molecule has 6 nitrogen and oxygen atoms in total. The van der Waals surface area contributed by atoms with E-state index >= 15 is 0 Å². The van der Waals surface area contributed by atoms with Gasteiger partial charge >= 0.3 is 0 Å². The number of benzene rings is 2. The molecular weight excluding hydrogens is 404 g/mol. The highest BCUT2D eigenvalue weighted by Crippen LogP contribution is 2.35. The molecule has 0 saturated carbocycles. The Hall–Kier alpha value is -3.15. The fourth-order valence-electron chi connectivity index (χ4n) is 4.33. The van der Waals surface area contributed by atoms with Crippen LogP contribution >= 0.6 is 0 Å². The van der Waals surface area contributed by atoms with E-state index in [1.165, 1.54) is 5.56 Å². The number of nitrogens with zero attached hydrogens (tertiary/aromatic N) is 1. The van der Waals surface area contributed by atoms with Crippen molar-refractivity contribution in [3.05, 3.63) is 53.6 Å². The fraction of sp³-hybridized carbons (Fsp3) is 0.423. The van der Waals surface area contributed by atoms with Crippen LogP contribution in [0.15, 0.2) is 42.5 Å². The maximum absolute atomic E-state index is 12.9. The van der Waals surface area contributed by atoms with Crippen molar-refractivity contribution in [1.29, 1.82) is 0 Å². The summed E-state index contributed by atoms with van der Waals surface area (Å²) in [5.74, 6) is -0.178. The first-order valence-electron chi connectivity index (χ1n) is 11.3. The first-order valence-corrected chi connectivity index (χ1v) is 11.3. The summed E-state index contributed by atoms with van der Waals surface area (Å²) in [4.78, 5) is 39.6. The summed E-state index contributed by atoms with van der Waals surface area (Å²) >= 11 is 0. The average Bonchev–Trinajstić information content (AvgIpc) is 3.14. The molecule has 0 radical (unpaired) electrons. The molecule has 2 heterocycles. The predicted molar refractivity (Wildman–Crippen MR) is 124 cm³/mol. The molecule has 1 atom stereocenters. The van der Waals surface area contributed by atoms with Gasteiger partial charge in [-0.05, 0) is 62.6 Å². The summed E-state index contributed by atoms with van der Waals surface area (Å²) in [5.41, 5.74) is 2.57. The summed E-state index contributed by atoms with van der Waals surface area (Å²) in [7, 11) is 0. The van der Waals surface area contributed by atoms with Gasteiger partial charge in [-0.25, -0.2) is 0 Å². The Labute approximate surface area is 188 Å². The molecule has 1 unspecified atom stereocenters. The van der Waals surface area contributed by atoms with Gasteiger partial charge in [0.15, 0.2) is 5.78 Å². The van der Waals surface area contributed by atoms with Gasteiger partial charge in [-0.15, -0.1) is 0 Å². The van der Waals surface area contributed by atoms with Gasteiger partial charge in [0.25, 0.3) is 0 Å². The van der Waals surface area contributed by atoms with Gasteiger partial charge in [-0.1, -0.05) is 25.5 Å². The average molecular weight is 435 g/mol. The Bertz CT molecular complexity index is 1040. The van der Waals surface area contributed by atoms with Gasteiger partial charge in [-0.3, -0.25) is 14.4 Å². The van der Waals surface area contributed by atoms with E-state index in [9.17, 15) is 14.4 Å². The SMILES string of the molecule is CCCCc1ccc(N2CC(C(=O)Nc3ccc4c(c3)C(=O)CC(C)(C)O4)CC2=O)cc1. The molecule has 1 N–H and O–H groups in total. The van der Waals surface area contributed by atoms with Gasteiger partial charge < -0.3 is 15.0 Å². The van der Waals surface area contributed by atoms with E-state index in [2.05, 4.69) is 24.4 Å². The normalized spacial score (nSPS) is 19.5. The maximum atomic E-state index is 12.9. The number of aryl methyl sites for hydroxylation is 1. The first kappa shape index (κ1) is 22.1. The second-order valence-corrected chi connectivity index (χ2v) is 9.34. The van der Waals surface area contributed by atoms with Crippen molar-refractivity contribution >= 4 is 29.0 Å². The molecule has 0 spiro atoms. The van der Waals surface area contributed by atoms with Crippen LogP contribution in [0.2, 0.25) is 0 Å². The quantitative estimate of drug-likeness (QED) is 0.711. The first-order chi connectivity index (χ1) is 15.3. The van der Waals surface area contributed by atoms with E-state index in [1.807, 2.05) is 26.0 Å². The molecule has 0 aliphatic carbocycles. The molecule has 168 valence electrons. The fourth-order valence-corrected chi connectivity index (χ4v) is 4.33. The molecule has 1 fully saturated rings. The Morgan fingerprint density at radius 1 is 1.16 bits per heavy atom. The molecule has 0 aromatic heterocycles. The zero-order chi connectivity index (χ0) is 22.9. The zero-order valence-corrected chi connectivity index (χ0v) is 18.9. The van der Waals surface area contributed by atoms with Gasteiger partial charge in [0.2, 0.25) is 11.8 Å². The molecule has 2 aromatic carbocycles. The van der Waals surface area contributed by atoms with Crippen LogP contribution in [0.5, 0.6) is 5.75 Å². The highest BCUT2D eigenvalue weighted by molar-refractivity contribution is 6.05. The Morgan fingerprint density at radius 3 is 2.62 bits per heavy atom. The van der Waals surface area contributed by atoms with Crippen molar-refractivity contribution in [3.8, 4) is 5.75 Å². The maximum Gasteiger partial charge on any atom is 0.229 e. The number of nitrogens with one attached hydrogen (secondary N) is 1. The molecule has 6 heteroatoms. The number of rotatable bonds is 6. The van der Waals surface area contributed by atoms with Crippen LogP contribution in [0.4, 0.5) is 11.4 Å². The molecule has 2 aliphatic rings. The molecular formula is C26H30N2O4. The van der Waals surface area contributed by atoms with Crippen molar-refractivity contribution in [1.82, 2.24) is 0 Å². The number of ether oxygens (including phenoxy) is 1. The van der Waals surface area contributed by atoms with E-state index in [0.29, 0.717) is 30.0 Å². The number of hydrogen-bond donors (Lipinski definition) is 1. The topological polar surface area (TPSA) is 75.7 Å². The van der Waals surface area contributed by atoms with Crippen LogP contribution in [0, 0.1) is 5.92 Å². The number of fused-ring (bicyclic) bond motifs is 1. The molecule has 4 rings (SSSR count). The Balaban J connectivity index is 1.41. The lowest BCUT2D eigenvalue weighted by atomic mass is 9.93. The number of unbranched alkanes of at least 4 members (excludes halogenated alkanes) is 1. The van der Waals surface area contributed by atoms with Crippen LogP contribution in [0.25, 0.3) is 0 Å². The van der Waals surface area contributed by atoms with Crippen LogP contribution < -0.4 is 15.0 Å². The lowest BCUT2D eigenvalue weighted by molar-refractivity contribution is -0.122. The minimum atomic E-state index is -0.531. The monoisotopic (exact) mass is 434 g/mol. The van der Waals surface area contributed by atoms with Gasteiger partial charge in [-0.2, -0.15) is 0 Å². The van der Waals surface area contributed by atoms with Gasteiger partial charge in [0.05, 0.1) is 17.9 Å². The largest absolute Gasteiger partial charge is 0.487 e. The highest BCUT2D eigenvalue weighted by atomic mass is 16.5. The third-order valence-corrected chi connectivity index (χ3v) is 6.08. The minimum absolute atomic E-state index is 0.00282. The zero-order valence-electron chi connectivity index (χ0n) is 18.9. The molecule has 2 amide bonds. The molecule has 2 aliphatic heterocycles. The smallest absolute Gasteiger partial charge is 0.229 e. The van der Waals surface area contributed by atoms with Crippen LogP contribution in [-0.4, -0.2) is 29.7 Å². The van der Waals surface area contributed by atoms with Crippen LogP contribution in [0.1, 0.15) is 62.4 Å². The van der Waals surface area contributed by atoms with E-state index in [0.717, 1.165) is 24.9 Å². The van der Waals surface area contributed by atoms with Crippen LogP contribution in [-0.2, 0) is 16.0 Å². The van der Waals surface area contributed by atoms with E-state index < -0.39 is 11.5 Å². The van der Waals surface area contributed by atoms with E-state index in [-0.39, 0.29) is 24.0 Å². The standard InChI is InChI=1S/C26H30N2O4/c1-4-5-6-17-7-10-20(11-8-17)28-16-18(13-24(28)30)25(31)27-19-9-12-23-21(14-19)22(29)15-26(2,3)32-23/h7-12,14,18H,4-6,13,15-16H2,1-3H3,(H,27,31). The van der Waals surface area contributed by atoms with Crippen molar-refractivity contribution < 1.29 is 19.1 Å². The molecule has 32 heavy (non-hydrogen) atoms. The van der Waals surface area contributed by atoms with Crippen LogP contribution in [0.3, 0.4) is 0 Å². The number of hydrogen-bond acceptors (Lipinski definition) is 4. The molecule has 1 saturated heterocycles. The van der Waals surface area contributed by atoms with Crippen molar-refractivity contribution in [2.24, 2.45) is 5.92 Å². The number of Topliss-reactive ketones (excluding diaryl/α,β-unsaturated/α-hetero) is 1. The molecule has 0 bridgehead atoms. The van der Waals surface area contributed by atoms with E-state index in [1.54, 1.807) is 23.1 Å². The van der Waals surface area contributed by atoms with Gasteiger partial charge in [0, 0.05) is 24.3 Å². The third-order valence-electron chi connectivity index (χ3n) is 6.08. The summed E-state index contributed by atoms with van der Waals surface area (Å²) in [6.07, 6.45) is 3.78. The number of ketones is 1. The van der Waals surface area contributed by atoms with Crippen molar-refractivity contribution in [2.75, 3.05) is 16.8 Å². The minimum Gasteiger partial charge on any atom is -0.487 e. The summed E-state index contributed by atoms with van der Waals surface area (Å²) in [6, 6.07) is 13.1. The number of amides is 2.